The topological polar surface area (TPSA) is 48.4 Å². The van der Waals surface area contributed by atoms with Gasteiger partial charge in [0.25, 0.3) is 0 Å². The first kappa shape index (κ1) is 18.9. The van der Waals surface area contributed by atoms with Gasteiger partial charge >= 0.3 is 5.97 Å². The molecule has 0 aliphatic carbocycles. The Morgan fingerprint density at radius 2 is 1.81 bits per heavy atom. The highest BCUT2D eigenvalue weighted by Crippen LogP contribution is 2.26. The van der Waals surface area contributed by atoms with Crippen molar-refractivity contribution < 1.29 is 14.3 Å². The fourth-order valence-corrected chi connectivity index (χ4v) is 3.08. The summed E-state index contributed by atoms with van der Waals surface area (Å²) in [7, 11) is 1.41. The number of benzene rings is 2. The van der Waals surface area contributed by atoms with Crippen LogP contribution in [0.25, 0.3) is 10.8 Å². The van der Waals surface area contributed by atoms with Crippen LogP contribution in [0.5, 0.6) is 5.75 Å². The zero-order valence-corrected chi connectivity index (χ0v) is 16.0. The summed E-state index contributed by atoms with van der Waals surface area (Å²) in [5.74, 6) is 0.707. The maximum atomic E-state index is 11.7. The summed E-state index contributed by atoms with van der Waals surface area (Å²) < 4.78 is 10.8. The van der Waals surface area contributed by atoms with Crippen LogP contribution < -0.4 is 4.74 Å². The van der Waals surface area contributed by atoms with Gasteiger partial charge < -0.3 is 9.47 Å². The van der Waals surface area contributed by atoms with E-state index in [0.717, 1.165) is 34.2 Å². The van der Waals surface area contributed by atoms with Gasteiger partial charge in [-0.25, -0.2) is 0 Å². The summed E-state index contributed by atoms with van der Waals surface area (Å²) >= 11 is 0. The molecule has 0 aliphatic heterocycles. The number of aromatic nitrogens is 1. The van der Waals surface area contributed by atoms with E-state index in [9.17, 15) is 4.79 Å². The molecule has 3 aromatic rings. The molecule has 0 spiro atoms. The number of rotatable bonds is 7. The van der Waals surface area contributed by atoms with Crippen molar-refractivity contribution in [3.8, 4) is 5.75 Å². The van der Waals surface area contributed by atoms with Gasteiger partial charge in [-0.3, -0.25) is 9.78 Å². The van der Waals surface area contributed by atoms with E-state index < -0.39 is 0 Å². The molecule has 1 unspecified atom stereocenters. The average Bonchev–Trinajstić information content (AvgIpc) is 2.72. The molecule has 27 heavy (non-hydrogen) atoms. The van der Waals surface area contributed by atoms with Crippen molar-refractivity contribution in [2.24, 2.45) is 0 Å². The lowest BCUT2D eigenvalue weighted by atomic mass is 9.98. The molecule has 0 radical (unpaired) electrons. The minimum absolute atomic E-state index is 0.226. The second kappa shape index (κ2) is 8.67. The Morgan fingerprint density at radius 3 is 2.56 bits per heavy atom. The Balaban J connectivity index is 1.64. The zero-order chi connectivity index (χ0) is 19.2. The standard InChI is InChI=1S/C23H25NO3/c1-16(22-6-4-5-12-24-22)11-13-27-21-10-9-19-14-18(7-8-20(19)15-21)17(2)23(25)26-3/h4-10,12,14-17H,11,13H2,1-3H3/t16?,17-/m0/s1. The summed E-state index contributed by atoms with van der Waals surface area (Å²) in [4.78, 5) is 16.1. The van der Waals surface area contributed by atoms with Crippen molar-refractivity contribution in [2.75, 3.05) is 13.7 Å². The lowest BCUT2D eigenvalue weighted by Crippen LogP contribution is -2.10. The molecule has 2 atom stereocenters. The third-order valence-corrected chi connectivity index (χ3v) is 4.90. The molecule has 0 saturated carbocycles. The highest BCUT2D eigenvalue weighted by molar-refractivity contribution is 5.86. The molecule has 2 aromatic carbocycles. The number of ether oxygens (including phenoxy) is 2. The molecule has 0 N–H and O–H groups in total. The third kappa shape index (κ3) is 4.64. The largest absolute Gasteiger partial charge is 0.494 e. The van der Waals surface area contributed by atoms with Crippen molar-refractivity contribution >= 4 is 16.7 Å². The smallest absolute Gasteiger partial charge is 0.312 e. The van der Waals surface area contributed by atoms with Gasteiger partial charge in [0.2, 0.25) is 0 Å². The number of pyridine rings is 1. The van der Waals surface area contributed by atoms with E-state index in [2.05, 4.69) is 11.9 Å². The first-order chi connectivity index (χ1) is 13.1. The van der Waals surface area contributed by atoms with Crippen molar-refractivity contribution in [2.45, 2.75) is 32.1 Å². The molecule has 0 aliphatic rings. The van der Waals surface area contributed by atoms with Gasteiger partial charge in [0.15, 0.2) is 0 Å². The minimum Gasteiger partial charge on any atom is -0.494 e. The quantitative estimate of drug-likeness (QED) is 0.549. The predicted octanol–water partition coefficient (Wildman–Crippen LogP) is 5.08. The number of hydrogen-bond acceptors (Lipinski definition) is 4. The Labute approximate surface area is 160 Å². The molecule has 3 rings (SSSR count). The van der Waals surface area contributed by atoms with Crippen molar-refractivity contribution in [3.63, 3.8) is 0 Å². The van der Waals surface area contributed by atoms with Crippen molar-refractivity contribution in [1.82, 2.24) is 4.98 Å². The highest BCUT2D eigenvalue weighted by atomic mass is 16.5. The van der Waals surface area contributed by atoms with Crippen LogP contribution in [0.2, 0.25) is 0 Å². The number of fused-ring (bicyclic) bond motifs is 1. The molecule has 0 saturated heterocycles. The van der Waals surface area contributed by atoms with E-state index in [1.807, 2.05) is 67.7 Å². The summed E-state index contributed by atoms with van der Waals surface area (Å²) in [6, 6.07) is 18.0. The monoisotopic (exact) mass is 363 g/mol. The van der Waals surface area contributed by atoms with Crippen LogP contribution in [0, 0.1) is 0 Å². The van der Waals surface area contributed by atoms with Gasteiger partial charge in [0.05, 0.1) is 19.6 Å². The van der Waals surface area contributed by atoms with Crippen LogP contribution in [0.3, 0.4) is 0 Å². The fraction of sp³-hybridized carbons (Fsp3) is 0.304. The number of hydrogen-bond donors (Lipinski definition) is 0. The summed E-state index contributed by atoms with van der Waals surface area (Å²) in [6.07, 6.45) is 2.73. The van der Waals surface area contributed by atoms with Gasteiger partial charge in [0.1, 0.15) is 5.75 Å². The molecule has 4 nitrogen and oxygen atoms in total. The predicted molar refractivity (Wildman–Crippen MR) is 107 cm³/mol. The Bertz CT molecular complexity index is 908. The van der Waals surface area contributed by atoms with Gasteiger partial charge in [-0.15, -0.1) is 0 Å². The van der Waals surface area contributed by atoms with E-state index in [-0.39, 0.29) is 11.9 Å². The lowest BCUT2D eigenvalue weighted by Gasteiger charge is -2.13. The fourth-order valence-electron chi connectivity index (χ4n) is 3.08. The second-order valence-electron chi connectivity index (χ2n) is 6.81. The third-order valence-electron chi connectivity index (χ3n) is 4.90. The Kier molecular flexibility index (Phi) is 6.07. The SMILES string of the molecule is COC(=O)[C@@H](C)c1ccc2cc(OCCC(C)c3ccccn3)ccc2c1. The molecule has 1 heterocycles. The van der Waals surface area contributed by atoms with Crippen LogP contribution in [0.1, 0.15) is 43.4 Å². The van der Waals surface area contributed by atoms with Gasteiger partial charge in [-0.1, -0.05) is 37.3 Å². The molecule has 140 valence electrons. The lowest BCUT2D eigenvalue weighted by molar-refractivity contribution is -0.141. The van der Waals surface area contributed by atoms with E-state index in [1.165, 1.54) is 7.11 Å². The van der Waals surface area contributed by atoms with E-state index in [1.54, 1.807) is 0 Å². The first-order valence-corrected chi connectivity index (χ1v) is 9.23. The normalized spacial score (nSPS) is 13.1. The number of carbonyl (C=O) groups excluding carboxylic acids is 1. The molecule has 4 heteroatoms. The van der Waals surface area contributed by atoms with Gasteiger partial charge in [-0.05, 0) is 53.9 Å². The number of carbonyl (C=O) groups is 1. The first-order valence-electron chi connectivity index (χ1n) is 9.23. The molecular formula is C23H25NO3. The van der Waals surface area contributed by atoms with Crippen LogP contribution in [0.4, 0.5) is 0 Å². The number of nitrogens with zero attached hydrogens (tertiary/aromatic N) is 1. The van der Waals surface area contributed by atoms with Gasteiger partial charge in [-0.2, -0.15) is 0 Å². The molecule has 0 amide bonds. The Hall–Kier alpha value is -2.88. The van der Waals surface area contributed by atoms with Crippen LogP contribution in [-0.4, -0.2) is 24.7 Å². The highest BCUT2D eigenvalue weighted by Gasteiger charge is 2.15. The maximum Gasteiger partial charge on any atom is 0.312 e. The van der Waals surface area contributed by atoms with Crippen LogP contribution >= 0.6 is 0 Å². The second-order valence-corrected chi connectivity index (χ2v) is 6.81. The zero-order valence-electron chi connectivity index (χ0n) is 16.0. The van der Waals surface area contributed by atoms with Crippen molar-refractivity contribution in [3.05, 3.63) is 72.1 Å². The number of esters is 1. The summed E-state index contributed by atoms with van der Waals surface area (Å²) in [5.41, 5.74) is 2.04. The average molecular weight is 363 g/mol. The van der Waals surface area contributed by atoms with Gasteiger partial charge in [0, 0.05) is 17.8 Å². The van der Waals surface area contributed by atoms with Crippen LogP contribution in [-0.2, 0) is 9.53 Å². The number of methoxy groups -OCH3 is 1. The summed E-state index contributed by atoms with van der Waals surface area (Å²) in [5, 5.41) is 2.17. The van der Waals surface area contributed by atoms with Crippen molar-refractivity contribution in [1.29, 1.82) is 0 Å². The molecule has 0 fully saturated rings. The van der Waals surface area contributed by atoms with E-state index in [4.69, 9.17) is 9.47 Å². The minimum atomic E-state index is -0.275. The Morgan fingerprint density at radius 1 is 1.04 bits per heavy atom. The summed E-state index contributed by atoms with van der Waals surface area (Å²) in [6.45, 7) is 4.66. The van der Waals surface area contributed by atoms with Crippen LogP contribution in [0.15, 0.2) is 60.8 Å². The van der Waals surface area contributed by atoms with E-state index >= 15 is 0 Å². The molecule has 1 aromatic heterocycles. The maximum absolute atomic E-state index is 11.7. The molecular weight excluding hydrogens is 338 g/mol. The van der Waals surface area contributed by atoms with E-state index in [0.29, 0.717) is 12.5 Å². The molecule has 0 bridgehead atoms.